The highest BCUT2D eigenvalue weighted by molar-refractivity contribution is 5.87. The molecule has 24 heavy (non-hydrogen) atoms. The molecule has 0 aliphatic carbocycles. The van der Waals surface area contributed by atoms with Crippen molar-refractivity contribution < 1.29 is 19.5 Å². The van der Waals surface area contributed by atoms with Gasteiger partial charge in [0.15, 0.2) is 0 Å². The molecular formula is C19H27NO4. The lowest BCUT2D eigenvalue weighted by molar-refractivity contribution is -0.259. The molecule has 0 amide bonds. The van der Waals surface area contributed by atoms with E-state index in [1.54, 1.807) is 13.2 Å². The summed E-state index contributed by atoms with van der Waals surface area (Å²) in [5.41, 5.74) is 0.0253. The molecule has 0 spiro atoms. The van der Waals surface area contributed by atoms with Crippen LogP contribution in [0.1, 0.15) is 46.1 Å². The van der Waals surface area contributed by atoms with E-state index in [9.17, 15) is 10.0 Å². The van der Waals surface area contributed by atoms with Crippen LogP contribution in [0.5, 0.6) is 5.75 Å². The van der Waals surface area contributed by atoms with Crippen LogP contribution >= 0.6 is 0 Å². The van der Waals surface area contributed by atoms with Crippen molar-refractivity contribution in [1.29, 1.82) is 0 Å². The van der Waals surface area contributed by atoms with Gasteiger partial charge in [0.2, 0.25) is 0 Å². The molecule has 1 aromatic rings. The maximum Gasteiger partial charge on any atom is 0.331 e. The second kappa shape index (κ2) is 6.95. The monoisotopic (exact) mass is 333 g/mol. The number of benzene rings is 1. The molecule has 1 aromatic carbocycles. The Bertz CT molecular complexity index is 586. The van der Waals surface area contributed by atoms with E-state index < -0.39 is 11.1 Å². The molecule has 1 N–H and O–H groups in total. The van der Waals surface area contributed by atoms with Crippen LogP contribution in [0.15, 0.2) is 30.3 Å². The van der Waals surface area contributed by atoms with Crippen LogP contribution in [0.2, 0.25) is 0 Å². The van der Waals surface area contributed by atoms with Crippen molar-refractivity contribution in [2.45, 2.75) is 57.7 Å². The van der Waals surface area contributed by atoms with E-state index in [0.717, 1.165) is 11.3 Å². The van der Waals surface area contributed by atoms with Gasteiger partial charge in [-0.3, -0.25) is 0 Å². The first-order valence-electron chi connectivity index (χ1n) is 8.16. The summed E-state index contributed by atoms with van der Waals surface area (Å²) in [6.07, 6.45) is 4.13. The maximum absolute atomic E-state index is 12.1. The second-order valence-electron chi connectivity index (χ2n) is 7.51. The molecule has 5 nitrogen and oxygen atoms in total. The predicted octanol–water partition coefficient (Wildman–Crippen LogP) is 3.66. The minimum absolute atomic E-state index is 0.216. The Kier molecular flexibility index (Phi) is 5.35. The van der Waals surface area contributed by atoms with Crippen molar-refractivity contribution in [3.05, 3.63) is 35.9 Å². The van der Waals surface area contributed by atoms with Crippen LogP contribution in [0.25, 0.3) is 6.08 Å². The standard InChI is InChI=1S/C19H27NO4/c1-18(2)12-16(13-19(3,4)20(18)22)24-17(21)11-8-14-6-9-15(23-5)10-7-14/h6-11,16,22H,12-13H2,1-5H3/b11-8+. The van der Waals surface area contributed by atoms with E-state index in [2.05, 4.69) is 0 Å². The highest BCUT2D eigenvalue weighted by Crippen LogP contribution is 2.37. The third-order valence-electron chi connectivity index (χ3n) is 4.41. The Balaban J connectivity index is 1.97. The van der Waals surface area contributed by atoms with E-state index in [4.69, 9.17) is 9.47 Å². The lowest BCUT2D eigenvalue weighted by Crippen LogP contribution is -2.60. The van der Waals surface area contributed by atoms with Crippen LogP contribution in [0.3, 0.4) is 0 Å². The molecule has 2 rings (SSSR count). The van der Waals surface area contributed by atoms with Gasteiger partial charge in [-0.05, 0) is 51.5 Å². The van der Waals surface area contributed by atoms with Crippen molar-refractivity contribution >= 4 is 12.0 Å². The first kappa shape index (κ1) is 18.5. The number of hydrogen-bond donors (Lipinski definition) is 1. The zero-order chi connectivity index (χ0) is 18.0. The molecule has 0 unspecified atom stereocenters. The number of methoxy groups -OCH3 is 1. The summed E-state index contributed by atoms with van der Waals surface area (Å²) in [6.45, 7) is 7.79. The van der Waals surface area contributed by atoms with E-state index >= 15 is 0 Å². The predicted molar refractivity (Wildman–Crippen MR) is 92.9 cm³/mol. The average Bonchev–Trinajstić information content (AvgIpc) is 2.50. The zero-order valence-electron chi connectivity index (χ0n) is 15.1. The summed E-state index contributed by atoms with van der Waals surface area (Å²) in [5, 5.41) is 11.7. The molecule has 0 radical (unpaired) electrons. The van der Waals surface area contributed by atoms with Crippen molar-refractivity contribution in [2.24, 2.45) is 0 Å². The average molecular weight is 333 g/mol. The number of hydrogen-bond acceptors (Lipinski definition) is 5. The largest absolute Gasteiger partial charge is 0.497 e. The van der Waals surface area contributed by atoms with Gasteiger partial charge in [-0.15, -0.1) is 0 Å². The van der Waals surface area contributed by atoms with Gasteiger partial charge in [0.05, 0.1) is 7.11 Å². The summed E-state index contributed by atoms with van der Waals surface area (Å²) >= 11 is 0. The van der Waals surface area contributed by atoms with Crippen LogP contribution in [0, 0.1) is 0 Å². The molecule has 0 bridgehead atoms. The fourth-order valence-corrected chi connectivity index (χ4v) is 3.34. The maximum atomic E-state index is 12.1. The number of rotatable bonds is 4. The van der Waals surface area contributed by atoms with Crippen molar-refractivity contribution in [2.75, 3.05) is 7.11 Å². The van der Waals surface area contributed by atoms with Gasteiger partial charge in [0, 0.05) is 30.0 Å². The van der Waals surface area contributed by atoms with Crippen LogP contribution in [-0.2, 0) is 9.53 Å². The number of esters is 1. The van der Waals surface area contributed by atoms with Gasteiger partial charge in [0.1, 0.15) is 11.9 Å². The number of ether oxygens (including phenoxy) is 2. The molecule has 132 valence electrons. The normalized spacial score (nSPS) is 20.9. The molecule has 1 saturated heterocycles. The quantitative estimate of drug-likeness (QED) is 0.673. The minimum Gasteiger partial charge on any atom is -0.497 e. The van der Waals surface area contributed by atoms with Gasteiger partial charge >= 0.3 is 5.97 Å². The lowest BCUT2D eigenvalue weighted by atomic mass is 9.80. The Labute approximate surface area is 143 Å². The van der Waals surface area contributed by atoms with Gasteiger partial charge < -0.3 is 14.7 Å². The van der Waals surface area contributed by atoms with Crippen molar-refractivity contribution in [3.63, 3.8) is 0 Å². The SMILES string of the molecule is COc1ccc(/C=C/C(=O)OC2CC(C)(C)N(O)C(C)(C)C2)cc1. The number of carbonyl (C=O) groups is 1. The molecule has 1 fully saturated rings. The Morgan fingerprint density at radius 3 is 2.21 bits per heavy atom. The summed E-state index contributed by atoms with van der Waals surface area (Å²) < 4.78 is 10.7. The first-order valence-corrected chi connectivity index (χ1v) is 8.16. The van der Waals surface area contributed by atoms with Gasteiger partial charge in [-0.25, -0.2) is 4.79 Å². The molecule has 1 aliphatic heterocycles. The molecule has 1 aliphatic rings. The van der Waals surface area contributed by atoms with Crippen LogP contribution < -0.4 is 4.74 Å². The minimum atomic E-state index is -0.438. The Hall–Kier alpha value is -1.85. The second-order valence-corrected chi connectivity index (χ2v) is 7.51. The van der Waals surface area contributed by atoms with Crippen LogP contribution in [0.4, 0.5) is 0 Å². The van der Waals surface area contributed by atoms with Gasteiger partial charge in [-0.1, -0.05) is 12.1 Å². The molecule has 0 aromatic heterocycles. The Morgan fingerprint density at radius 2 is 1.71 bits per heavy atom. The number of carbonyl (C=O) groups excluding carboxylic acids is 1. The number of nitrogens with zero attached hydrogens (tertiary/aromatic N) is 1. The van der Waals surface area contributed by atoms with Crippen LogP contribution in [-0.4, -0.2) is 40.5 Å². The third-order valence-corrected chi connectivity index (χ3v) is 4.41. The highest BCUT2D eigenvalue weighted by atomic mass is 16.5. The summed E-state index contributed by atoms with van der Waals surface area (Å²) in [4.78, 5) is 12.1. The lowest BCUT2D eigenvalue weighted by Gasteiger charge is -2.50. The van der Waals surface area contributed by atoms with E-state index in [-0.39, 0.29) is 12.1 Å². The third kappa shape index (κ3) is 4.36. The van der Waals surface area contributed by atoms with Gasteiger partial charge in [0.25, 0.3) is 0 Å². The number of piperidine rings is 1. The summed E-state index contributed by atoms with van der Waals surface area (Å²) in [6, 6.07) is 7.43. The summed E-state index contributed by atoms with van der Waals surface area (Å²) in [7, 11) is 1.61. The zero-order valence-corrected chi connectivity index (χ0v) is 15.1. The fourth-order valence-electron chi connectivity index (χ4n) is 3.34. The molecule has 0 atom stereocenters. The highest BCUT2D eigenvalue weighted by Gasteiger charge is 2.46. The molecule has 1 heterocycles. The number of hydroxylamine groups is 2. The van der Waals surface area contributed by atoms with E-state index in [1.807, 2.05) is 52.0 Å². The van der Waals surface area contributed by atoms with Crippen molar-refractivity contribution in [1.82, 2.24) is 5.06 Å². The topological polar surface area (TPSA) is 59.0 Å². The fraction of sp³-hybridized carbons (Fsp3) is 0.526. The first-order chi connectivity index (χ1) is 11.1. The molecule has 0 saturated carbocycles. The van der Waals surface area contributed by atoms with Gasteiger partial charge in [-0.2, -0.15) is 5.06 Å². The smallest absolute Gasteiger partial charge is 0.331 e. The summed E-state index contributed by atoms with van der Waals surface area (Å²) in [5.74, 6) is 0.406. The van der Waals surface area contributed by atoms with E-state index in [1.165, 1.54) is 11.1 Å². The van der Waals surface area contributed by atoms with E-state index in [0.29, 0.717) is 12.8 Å². The van der Waals surface area contributed by atoms with Crippen molar-refractivity contribution in [3.8, 4) is 5.75 Å². The molecule has 5 heteroatoms. The molecular weight excluding hydrogens is 306 g/mol. The Morgan fingerprint density at radius 1 is 1.17 bits per heavy atom.